The SMILES string of the molecule is CCOCCCNC(=O)C1CCN(Cc2nc(-c3cccc(Br)c3)oc2C)CC1. The Morgan fingerprint density at radius 3 is 2.90 bits per heavy atom. The highest BCUT2D eigenvalue weighted by atomic mass is 79.9. The first-order valence-corrected chi connectivity index (χ1v) is 11.2. The topological polar surface area (TPSA) is 67.6 Å². The first-order chi connectivity index (χ1) is 14.1. The summed E-state index contributed by atoms with van der Waals surface area (Å²) in [5.41, 5.74) is 1.94. The lowest BCUT2D eigenvalue weighted by atomic mass is 9.95. The molecular weight excluding hydrogens is 434 g/mol. The molecule has 0 aliphatic carbocycles. The van der Waals surface area contributed by atoms with Gasteiger partial charge in [-0.25, -0.2) is 4.98 Å². The van der Waals surface area contributed by atoms with Gasteiger partial charge in [-0.3, -0.25) is 9.69 Å². The molecule has 0 radical (unpaired) electrons. The number of oxazole rings is 1. The van der Waals surface area contributed by atoms with E-state index in [-0.39, 0.29) is 11.8 Å². The summed E-state index contributed by atoms with van der Waals surface area (Å²) in [4.78, 5) is 19.4. The van der Waals surface area contributed by atoms with Crippen molar-refractivity contribution in [3.8, 4) is 11.5 Å². The fourth-order valence-electron chi connectivity index (χ4n) is 3.56. The van der Waals surface area contributed by atoms with Crippen molar-refractivity contribution in [3.05, 3.63) is 40.2 Å². The van der Waals surface area contributed by atoms with Crippen LogP contribution in [0.2, 0.25) is 0 Å². The molecule has 1 aliphatic heterocycles. The van der Waals surface area contributed by atoms with Gasteiger partial charge in [-0.2, -0.15) is 0 Å². The summed E-state index contributed by atoms with van der Waals surface area (Å²) in [6, 6.07) is 7.97. The minimum absolute atomic E-state index is 0.106. The third-order valence-electron chi connectivity index (χ3n) is 5.26. The van der Waals surface area contributed by atoms with Crippen LogP contribution in [0.3, 0.4) is 0 Å². The molecule has 1 aromatic carbocycles. The number of aryl methyl sites for hydroxylation is 1. The molecule has 2 heterocycles. The lowest BCUT2D eigenvalue weighted by Gasteiger charge is -2.30. The molecule has 1 fully saturated rings. The van der Waals surface area contributed by atoms with Gasteiger partial charge in [-0.1, -0.05) is 22.0 Å². The van der Waals surface area contributed by atoms with E-state index in [4.69, 9.17) is 14.1 Å². The van der Waals surface area contributed by atoms with Crippen molar-refractivity contribution in [1.82, 2.24) is 15.2 Å². The van der Waals surface area contributed by atoms with Crippen molar-refractivity contribution in [2.24, 2.45) is 5.92 Å². The maximum atomic E-state index is 12.3. The normalized spacial score (nSPS) is 15.6. The molecule has 0 spiro atoms. The van der Waals surface area contributed by atoms with Crippen LogP contribution in [0, 0.1) is 12.8 Å². The summed E-state index contributed by atoms with van der Waals surface area (Å²) in [5, 5.41) is 3.04. The third kappa shape index (κ3) is 6.39. The minimum Gasteiger partial charge on any atom is -0.441 e. The van der Waals surface area contributed by atoms with Crippen LogP contribution in [0.25, 0.3) is 11.5 Å². The van der Waals surface area contributed by atoms with Gasteiger partial charge in [0.1, 0.15) is 5.76 Å². The molecule has 3 rings (SSSR count). The Bertz CT molecular complexity index is 800. The molecule has 6 nitrogen and oxygen atoms in total. The molecule has 1 amide bonds. The van der Waals surface area contributed by atoms with Gasteiger partial charge in [-0.15, -0.1) is 0 Å². The maximum Gasteiger partial charge on any atom is 0.226 e. The van der Waals surface area contributed by atoms with Gasteiger partial charge in [0.05, 0.1) is 5.69 Å². The number of aromatic nitrogens is 1. The molecule has 1 aliphatic rings. The molecule has 1 aromatic heterocycles. The van der Waals surface area contributed by atoms with E-state index >= 15 is 0 Å². The molecular formula is C22H30BrN3O3. The number of rotatable bonds is 9. The van der Waals surface area contributed by atoms with E-state index in [9.17, 15) is 4.79 Å². The molecule has 1 saturated heterocycles. The van der Waals surface area contributed by atoms with Crippen LogP contribution >= 0.6 is 15.9 Å². The molecule has 0 unspecified atom stereocenters. The number of hydrogen-bond donors (Lipinski definition) is 1. The third-order valence-corrected chi connectivity index (χ3v) is 5.76. The van der Waals surface area contributed by atoms with Crippen molar-refractivity contribution in [1.29, 1.82) is 0 Å². The lowest BCUT2D eigenvalue weighted by Crippen LogP contribution is -2.40. The number of nitrogens with one attached hydrogen (secondary N) is 1. The number of hydrogen-bond acceptors (Lipinski definition) is 5. The maximum absolute atomic E-state index is 12.3. The van der Waals surface area contributed by atoms with Gasteiger partial charge in [0, 0.05) is 42.3 Å². The van der Waals surface area contributed by atoms with Gasteiger partial charge in [-0.05, 0) is 64.4 Å². The second-order valence-corrected chi connectivity index (χ2v) is 8.34. The van der Waals surface area contributed by atoms with E-state index < -0.39 is 0 Å². The molecule has 0 saturated carbocycles. The second-order valence-electron chi connectivity index (χ2n) is 7.42. The number of halogens is 1. The first kappa shape index (κ1) is 22.0. The molecule has 1 N–H and O–H groups in total. The molecule has 2 aromatic rings. The van der Waals surface area contributed by atoms with Crippen LogP contribution in [-0.2, 0) is 16.1 Å². The average molecular weight is 464 g/mol. The van der Waals surface area contributed by atoms with E-state index in [0.29, 0.717) is 19.0 Å². The van der Waals surface area contributed by atoms with E-state index in [2.05, 4.69) is 26.1 Å². The quantitative estimate of drug-likeness (QED) is 0.565. The van der Waals surface area contributed by atoms with E-state index in [0.717, 1.165) is 67.0 Å². The lowest BCUT2D eigenvalue weighted by molar-refractivity contribution is -0.126. The van der Waals surface area contributed by atoms with E-state index in [1.165, 1.54) is 0 Å². The zero-order chi connectivity index (χ0) is 20.6. The van der Waals surface area contributed by atoms with Crippen molar-refractivity contribution >= 4 is 21.8 Å². The largest absolute Gasteiger partial charge is 0.441 e. The van der Waals surface area contributed by atoms with Crippen LogP contribution in [0.1, 0.15) is 37.6 Å². The number of nitrogens with zero attached hydrogens (tertiary/aromatic N) is 2. The van der Waals surface area contributed by atoms with Gasteiger partial charge in [0.2, 0.25) is 11.8 Å². The van der Waals surface area contributed by atoms with Crippen LogP contribution in [0.5, 0.6) is 0 Å². The Labute approximate surface area is 181 Å². The van der Waals surface area contributed by atoms with Gasteiger partial charge >= 0.3 is 0 Å². The van der Waals surface area contributed by atoms with E-state index in [1.54, 1.807) is 0 Å². The summed E-state index contributed by atoms with van der Waals surface area (Å²) < 4.78 is 12.2. The Morgan fingerprint density at radius 2 is 2.17 bits per heavy atom. The predicted octanol–water partition coefficient (Wildman–Crippen LogP) is 4.17. The number of ether oxygens (including phenoxy) is 1. The highest BCUT2D eigenvalue weighted by molar-refractivity contribution is 9.10. The molecule has 7 heteroatoms. The van der Waals surface area contributed by atoms with Crippen LogP contribution in [0.4, 0.5) is 0 Å². The number of benzene rings is 1. The predicted molar refractivity (Wildman–Crippen MR) is 116 cm³/mol. The standard InChI is InChI=1S/C22H30BrN3O3/c1-3-28-13-5-10-24-21(27)17-8-11-26(12-9-17)15-20-16(2)29-22(25-20)18-6-4-7-19(23)14-18/h4,6-7,14,17H,3,5,8-13,15H2,1-2H3,(H,24,27). The number of likely N-dealkylation sites (tertiary alicyclic amines) is 1. The molecule has 29 heavy (non-hydrogen) atoms. The zero-order valence-corrected chi connectivity index (χ0v) is 18.8. The summed E-state index contributed by atoms with van der Waals surface area (Å²) in [6.45, 7) is 8.61. The number of carbonyl (C=O) groups excluding carboxylic acids is 1. The minimum atomic E-state index is 0.106. The van der Waals surface area contributed by atoms with Crippen molar-refractivity contribution in [2.75, 3.05) is 32.8 Å². The summed E-state index contributed by atoms with van der Waals surface area (Å²) in [6.07, 6.45) is 2.63. The van der Waals surface area contributed by atoms with Gasteiger partial charge < -0.3 is 14.5 Å². The monoisotopic (exact) mass is 463 g/mol. The van der Waals surface area contributed by atoms with Gasteiger partial charge in [0.25, 0.3) is 0 Å². The zero-order valence-electron chi connectivity index (χ0n) is 17.2. The fraction of sp³-hybridized carbons (Fsp3) is 0.545. The summed E-state index contributed by atoms with van der Waals surface area (Å²) >= 11 is 3.49. The van der Waals surface area contributed by atoms with E-state index in [1.807, 2.05) is 38.1 Å². The fourth-order valence-corrected chi connectivity index (χ4v) is 3.96. The van der Waals surface area contributed by atoms with Crippen molar-refractivity contribution in [2.45, 2.75) is 39.7 Å². The Balaban J connectivity index is 1.47. The summed E-state index contributed by atoms with van der Waals surface area (Å²) in [7, 11) is 0. The van der Waals surface area contributed by atoms with Crippen LogP contribution in [-0.4, -0.2) is 48.6 Å². The van der Waals surface area contributed by atoms with Crippen LogP contribution < -0.4 is 5.32 Å². The highest BCUT2D eigenvalue weighted by Crippen LogP contribution is 2.26. The van der Waals surface area contributed by atoms with Crippen molar-refractivity contribution < 1.29 is 13.9 Å². The Hall–Kier alpha value is -1.70. The second kappa shape index (κ2) is 10.9. The van der Waals surface area contributed by atoms with Crippen LogP contribution in [0.15, 0.2) is 33.2 Å². The molecule has 158 valence electrons. The Morgan fingerprint density at radius 1 is 1.38 bits per heavy atom. The average Bonchev–Trinajstić information content (AvgIpc) is 3.08. The summed E-state index contributed by atoms with van der Waals surface area (Å²) in [5.74, 6) is 1.79. The smallest absolute Gasteiger partial charge is 0.226 e. The highest BCUT2D eigenvalue weighted by Gasteiger charge is 2.25. The molecule has 0 bridgehead atoms. The number of piperidine rings is 1. The number of amides is 1. The first-order valence-electron chi connectivity index (χ1n) is 10.4. The Kier molecular flexibility index (Phi) is 8.27. The molecule has 0 atom stereocenters. The van der Waals surface area contributed by atoms with Gasteiger partial charge in [0.15, 0.2) is 0 Å². The van der Waals surface area contributed by atoms with Crippen molar-refractivity contribution in [3.63, 3.8) is 0 Å². The number of carbonyl (C=O) groups is 1.